The molecule has 5 aromatic rings. The normalized spacial score (nSPS) is 11.1. The number of hydrogen-bond acceptors (Lipinski definition) is 3. The van der Waals surface area contributed by atoms with E-state index in [0.717, 1.165) is 26.0 Å². The monoisotopic (exact) mass is 560 g/mol. The molecule has 0 bridgehead atoms. The standard InChI is InChI=1S/C14H16.C11H15F.C9H10N2S2/c1-10(2)14-9-13-7-5-4-6-12(13)8-11(14)3;1-7(2)10-6-11(12)9(4)5-8(10)3;1-6(2)11-4-3-7-8(9(11)12)13-5-10-7/h4-10H,1-3H3;5-7H,1-4H3;3-6H,1-2H3. The predicted molar refractivity (Wildman–Crippen MR) is 172 cm³/mol. The van der Waals surface area contributed by atoms with Gasteiger partial charge < -0.3 is 4.57 Å². The number of hydrogen-bond donors (Lipinski definition) is 0. The summed E-state index contributed by atoms with van der Waals surface area (Å²) in [5.41, 5.74) is 8.73. The van der Waals surface area contributed by atoms with Gasteiger partial charge in [-0.1, -0.05) is 82.4 Å². The van der Waals surface area contributed by atoms with Gasteiger partial charge in [0, 0.05) is 12.2 Å². The molecule has 5 heteroatoms. The Morgan fingerprint density at radius 1 is 0.769 bits per heavy atom. The molecule has 0 fully saturated rings. The van der Waals surface area contributed by atoms with E-state index in [4.69, 9.17) is 12.2 Å². The van der Waals surface area contributed by atoms with Crippen LogP contribution in [0.25, 0.3) is 21.0 Å². The molecule has 0 amide bonds. The van der Waals surface area contributed by atoms with Gasteiger partial charge in [-0.05, 0) is 97.2 Å². The van der Waals surface area contributed by atoms with E-state index in [1.807, 2.05) is 30.8 Å². The molecule has 206 valence electrons. The largest absolute Gasteiger partial charge is 0.335 e. The lowest BCUT2D eigenvalue weighted by molar-refractivity contribution is 0.593. The van der Waals surface area contributed by atoms with E-state index in [1.54, 1.807) is 24.3 Å². The Hall–Kier alpha value is -2.89. The van der Waals surface area contributed by atoms with Crippen LogP contribution in [-0.4, -0.2) is 9.55 Å². The third kappa shape index (κ3) is 7.61. The highest BCUT2D eigenvalue weighted by Gasteiger charge is 2.07. The minimum absolute atomic E-state index is 0.0932. The summed E-state index contributed by atoms with van der Waals surface area (Å²) >= 11 is 6.97. The van der Waals surface area contributed by atoms with Crippen LogP contribution in [0.4, 0.5) is 4.39 Å². The van der Waals surface area contributed by atoms with Crippen molar-refractivity contribution in [3.63, 3.8) is 0 Å². The molecule has 0 aliphatic rings. The van der Waals surface area contributed by atoms with Crippen molar-refractivity contribution in [3.8, 4) is 0 Å². The maximum Gasteiger partial charge on any atom is 0.126 e. The molecule has 3 aromatic carbocycles. The fourth-order valence-electron chi connectivity index (χ4n) is 4.73. The Labute approximate surface area is 242 Å². The van der Waals surface area contributed by atoms with Crippen molar-refractivity contribution in [2.45, 2.75) is 80.2 Å². The molecule has 2 aromatic heterocycles. The van der Waals surface area contributed by atoms with E-state index in [9.17, 15) is 4.39 Å². The summed E-state index contributed by atoms with van der Waals surface area (Å²) in [7, 11) is 0. The van der Waals surface area contributed by atoms with Gasteiger partial charge in [-0.2, -0.15) is 0 Å². The van der Waals surface area contributed by atoms with Gasteiger partial charge in [-0.15, -0.1) is 11.3 Å². The number of nitrogens with zero attached hydrogens (tertiary/aromatic N) is 2. The number of rotatable bonds is 3. The maximum atomic E-state index is 13.1. The molecule has 0 aliphatic heterocycles. The van der Waals surface area contributed by atoms with Crippen molar-refractivity contribution in [2.24, 2.45) is 0 Å². The van der Waals surface area contributed by atoms with Crippen molar-refractivity contribution >= 4 is 44.5 Å². The highest BCUT2D eigenvalue weighted by atomic mass is 32.1. The first-order valence-corrected chi connectivity index (χ1v) is 14.9. The molecule has 2 nitrogen and oxygen atoms in total. The number of fused-ring (bicyclic) bond motifs is 2. The molecular formula is C34H41FN2S2. The molecule has 39 heavy (non-hydrogen) atoms. The number of pyridine rings is 1. The molecule has 0 radical (unpaired) electrons. The Bertz CT molecular complexity index is 1610. The van der Waals surface area contributed by atoms with Crippen LogP contribution in [0.1, 0.15) is 87.2 Å². The Kier molecular flexibility index (Phi) is 10.6. The molecule has 5 rings (SSSR count). The van der Waals surface area contributed by atoms with E-state index < -0.39 is 0 Å². The number of aromatic nitrogens is 2. The lowest BCUT2D eigenvalue weighted by Gasteiger charge is -2.11. The van der Waals surface area contributed by atoms with Crippen LogP contribution >= 0.6 is 23.6 Å². The van der Waals surface area contributed by atoms with Crippen LogP contribution in [0.2, 0.25) is 0 Å². The minimum atomic E-state index is -0.0932. The Balaban J connectivity index is 0.000000162. The number of thiazole rings is 1. The van der Waals surface area contributed by atoms with Crippen LogP contribution in [0.5, 0.6) is 0 Å². The van der Waals surface area contributed by atoms with Crippen molar-refractivity contribution in [1.29, 1.82) is 0 Å². The zero-order valence-corrected chi connectivity index (χ0v) is 26.3. The third-order valence-electron chi connectivity index (χ3n) is 6.90. The first kappa shape index (κ1) is 30.6. The summed E-state index contributed by atoms with van der Waals surface area (Å²) in [4.78, 5) is 4.22. The van der Waals surface area contributed by atoms with Gasteiger partial charge in [0.15, 0.2) is 0 Å². The smallest absolute Gasteiger partial charge is 0.126 e. The quantitative estimate of drug-likeness (QED) is 0.204. The Morgan fingerprint density at radius 2 is 1.33 bits per heavy atom. The maximum absolute atomic E-state index is 13.1. The van der Waals surface area contributed by atoms with Crippen molar-refractivity contribution in [3.05, 3.63) is 105 Å². The van der Waals surface area contributed by atoms with Crippen LogP contribution < -0.4 is 0 Å². The molecule has 0 spiro atoms. The van der Waals surface area contributed by atoms with Gasteiger partial charge in [0.25, 0.3) is 0 Å². The minimum Gasteiger partial charge on any atom is -0.335 e. The lowest BCUT2D eigenvalue weighted by atomic mass is 9.94. The number of benzene rings is 3. The van der Waals surface area contributed by atoms with Crippen LogP contribution in [-0.2, 0) is 0 Å². The first-order chi connectivity index (χ1) is 18.4. The van der Waals surface area contributed by atoms with Crippen molar-refractivity contribution < 1.29 is 4.39 Å². The zero-order valence-electron chi connectivity index (χ0n) is 24.7. The summed E-state index contributed by atoms with van der Waals surface area (Å²) in [5.74, 6) is 0.920. The fraction of sp³-hybridized carbons (Fsp3) is 0.353. The van der Waals surface area contributed by atoms with Crippen molar-refractivity contribution in [1.82, 2.24) is 9.55 Å². The second-order valence-electron chi connectivity index (χ2n) is 11.0. The summed E-state index contributed by atoms with van der Waals surface area (Å²) in [5, 5.41) is 2.69. The lowest BCUT2D eigenvalue weighted by Crippen LogP contribution is -2.01. The van der Waals surface area contributed by atoms with E-state index >= 15 is 0 Å². The second-order valence-corrected chi connectivity index (χ2v) is 12.3. The van der Waals surface area contributed by atoms with E-state index in [-0.39, 0.29) is 5.82 Å². The van der Waals surface area contributed by atoms with Gasteiger partial charge in [-0.3, -0.25) is 0 Å². The van der Waals surface area contributed by atoms with Gasteiger partial charge in [0.1, 0.15) is 10.5 Å². The highest BCUT2D eigenvalue weighted by molar-refractivity contribution is 7.71. The third-order valence-corrected chi connectivity index (χ3v) is 8.29. The SMILES string of the molecule is CC(C)n1ccc2ncsc2c1=S.Cc1cc(C)c(C(C)C)cc1F.Cc1cc2ccccc2cc1C(C)C. The summed E-state index contributed by atoms with van der Waals surface area (Å²) in [6.07, 6.45) is 2.01. The van der Waals surface area contributed by atoms with Gasteiger partial charge in [0.05, 0.1) is 15.7 Å². The molecule has 0 N–H and O–H groups in total. The summed E-state index contributed by atoms with van der Waals surface area (Å²) < 4.78 is 17.2. The molecule has 0 unspecified atom stereocenters. The van der Waals surface area contributed by atoms with Crippen LogP contribution in [0.15, 0.2) is 66.3 Å². The highest BCUT2D eigenvalue weighted by Crippen LogP contribution is 2.25. The molecule has 2 heterocycles. The predicted octanol–water partition coefficient (Wildman–Crippen LogP) is 11.2. The fourth-order valence-corrected chi connectivity index (χ4v) is 5.97. The second kappa shape index (κ2) is 13.5. The number of aryl methyl sites for hydroxylation is 3. The van der Waals surface area contributed by atoms with Crippen LogP contribution in [0.3, 0.4) is 0 Å². The molecule has 0 saturated heterocycles. The molecule has 0 atom stereocenters. The average molecular weight is 561 g/mol. The van der Waals surface area contributed by atoms with Gasteiger partial charge in [0.2, 0.25) is 0 Å². The van der Waals surface area contributed by atoms with E-state index in [0.29, 0.717) is 17.9 Å². The molecule has 0 aliphatic carbocycles. The summed E-state index contributed by atoms with van der Waals surface area (Å²) in [6.45, 7) is 18.9. The first-order valence-electron chi connectivity index (χ1n) is 13.6. The topological polar surface area (TPSA) is 17.8 Å². The molecular weight excluding hydrogens is 520 g/mol. The van der Waals surface area contributed by atoms with Crippen molar-refractivity contribution in [2.75, 3.05) is 0 Å². The van der Waals surface area contributed by atoms with Crippen LogP contribution in [0, 0.1) is 31.2 Å². The van der Waals surface area contributed by atoms with E-state index in [2.05, 4.69) is 94.4 Å². The number of halogens is 1. The van der Waals surface area contributed by atoms with E-state index in [1.165, 1.54) is 27.5 Å². The average Bonchev–Trinajstić information content (AvgIpc) is 3.36. The van der Waals surface area contributed by atoms with Gasteiger partial charge >= 0.3 is 0 Å². The zero-order chi connectivity index (χ0) is 28.9. The summed E-state index contributed by atoms with van der Waals surface area (Å²) in [6, 6.07) is 19.1. The van der Waals surface area contributed by atoms with Gasteiger partial charge in [-0.25, -0.2) is 9.37 Å². The molecule has 0 saturated carbocycles. The Morgan fingerprint density at radius 3 is 1.92 bits per heavy atom.